The first kappa shape index (κ1) is 27.0. The molecule has 0 saturated carbocycles. The second-order valence-corrected chi connectivity index (χ2v) is 7.99. The van der Waals surface area contributed by atoms with E-state index in [-0.39, 0.29) is 32.7 Å². The molecule has 0 amide bonds. The fourth-order valence-electron chi connectivity index (χ4n) is 2.16. The van der Waals surface area contributed by atoms with Crippen molar-refractivity contribution < 1.29 is 37.5 Å². The molecule has 1 nitrogen and oxygen atoms in total. The van der Waals surface area contributed by atoms with Gasteiger partial charge >= 0.3 is 0 Å². The van der Waals surface area contributed by atoms with Crippen LogP contribution in [0.1, 0.15) is 55.4 Å². The van der Waals surface area contributed by atoms with Crippen LogP contribution in [-0.4, -0.2) is 17.8 Å². The minimum atomic E-state index is 0. The summed E-state index contributed by atoms with van der Waals surface area (Å²) in [7, 11) is 0. The summed E-state index contributed by atoms with van der Waals surface area (Å²) in [5.41, 5.74) is 0. The van der Waals surface area contributed by atoms with Crippen molar-refractivity contribution >= 4 is 18.0 Å². The Morgan fingerprint density at radius 2 is 1.24 bits per heavy atom. The van der Waals surface area contributed by atoms with E-state index in [0.717, 1.165) is 23.5 Å². The van der Waals surface area contributed by atoms with Crippen molar-refractivity contribution in [3.8, 4) is 0 Å². The van der Waals surface area contributed by atoms with E-state index in [0.29, 0.717) is 23.5 Å². The molecule has 0 N–H and O–H groups in total. The fourth-order valence-corrected chi connectivity index (χ4v) is 3.40. The standard InChI is InChI=1S/C10H19OS.C8H17.Y/c1-8(2)10(9(3)4)7-12-6-5-11;1-6(2)8(5)7(3)4;/h8-10H,6-7H2,1-4H3;6-8H,5H2,1-4H3;/q2*-1;. The smallest absolute Gasteiger partial charge is 0 e. The van der Waals surface area contributed by atoms with E-state index in [1.54, 1.807) is 11.8 Å². The van der Waals surface area contributed by atoms with Crippen molar-refractivity contribution in [1.82, 2.24) is 0 Å². The van der Waals surface area contributed by atoms with Crippen LogP contribution in [0.3, 0.4) is 0 Å². The Hall–Kier alpha value is 1.12. The zero-order valence-electron chi connectivity index (χ0n) is 15.5. The van der Waals surface area contributed by atoms with Gasteiger partial charge in [0.05, 0.1) is 0 Å². The van der Waals surface area contributed by atoms with Crippen LogP contribution >= 0.6 is 11.8 Å². The monoisotopic (exact) mass is 389 g/mol. The molecule has 0 aliphatic heterocycles. The van der Waals surface area contributed by atoms with E-state index in [9.17, 15) is 4.79 Å². The van der Waals surface area contributed by atoms with E-state index in [2.05, 4.69) is 62.3 Å². The second-order valence-electron chi connectivity index (χ2n) is 6.96. The van der Waals surface area contributed by atoms with Gasteiger partial charge < -0.3 is 11.7 Å². The maximum Gasteiger partial charge on any atom is 0 e. The van der Waals surface area contributed by atoms with Gasteiger partial charge in [0.1, 0.15) is 0 Å². The molecule has 0 aliphatic carbocycles. The summed E-state index contributed by atoms with van der Waals surface area (Å²) >= 11 is 1.69. The van der Waals surface area contributed by atoms with Gasteiger partial charge in [-0.3, -0.25) is 6.29 Å². The molecule has 0 rings (SSSR count). The number of rotatable bonds is 8. The number of thioether (sulfide) groups is 1. The molecule has 21 heavy (non-hydrogen) atoms. The summed E-state index contributed by atoms with van der Waals surface area (Å²) < 4.78 is 0. The zero-order valence-corrected chi connectivity index (χ0v) is 19.1. The topological polar surface area (TPSA) is 17.1 Å². The molecule has 0 unspecified atom stereocenters. The van der Waals surface area contributed by atoms with Gasteiger partial charge in [-0.05, 0) is 23.5 Å². The average Bonchev–Trinajstić information content (AvgIpc) is 2.33. The summed E-state index contributed by atoms with van der Waals surface area (Å²) in [6, 6.07) is 0. The molecule has 3 heteroatoms. The van der Waals surface area contributed by atoms with E-state index in [1.807, 2.05) is 6.29 Å². The third-order valence-corrected chi connectivity index (χ3v) is 4.84. The molecule has 0 heterocycles. The van der Waals surface area contributed by atoms with Crippen molar-refractivity contribution in [2.45, 2.75) is 55.4 Å². The molecule has 0 fully saturated rings. The molecular formula is C18H36OSY-2. The maximum absolute atomic E-state index is 9.98. The van der Waals surface area contributed by atoms with E-state index >= 15 is 0 Å². The van der Waals surface area contributed by atoms with Crippen molar-refractivity contribution in [1.29, 1.82) is 0 Å². The van der Waals surface area contributed by atoms with Crippen LogP contribution in [-0.2, 0) is 37.5 Å². The van der Waals surface area contributed by atoms with Gasteiger partial charge in [-0.25, -0.2) is 0 Å². The molecule has 1 radical (unpaired) electrons. The third kappa shape index (κ3) is 15.8. The fraction of sp³-hybridized carbons (Fsp3) is 0.889. The molecule has 0 saturated heterocycles. The van der Waals surface area contributed by atoms with Crippen LogP contribution in [0.5, 0.6) is 0 Å². The molecule has 125 valence electrons. The molecule has 0 aromatic rings. The van der Waals surface area contributed by atoms with Crippen molar-refractivity contribution in [2.24, 2.45) is 35.5 Å². The van der Waals surface area contributed by atoms with Gasteiger partial charge in [0.25, 0.3) is 0 Å². The summed E-state index contributed by atoms with van der Waals surface area (Å²) in [4.78, 5) is 9.98. The van der Waals surface area contributed by atoms with Crippen LogP contribution in [0.2, 0.25) is 0 Å². The molecular weight excluding hydrogens is 353 g/mol. The van der Waals surface area contributed by atoms with E-state index < -0.39 is 0 Å². The molecule has 0 atom stereocenters. The van der Waals surface area contributed by atoms with Gasteiger partial charge in [-0.1, -0.05) is 67.2 Å². The summed E-state index contributed by atoms with van der Waals surface area (Å²) in [5.74, 6) is 5.84. The predicted octanol–water partition coefficient (Wildman–Crippen LogP) is 5.50. The number of hydrogen-bond donors (Lipinski definition) is 0. The van der Waals surface area contributed by atoms with Gasteiger partial charge in [0.2, 0.25) is 0 Å². The molecule has 0 spiro atoms. The van der Waals surface area contributed by atoms with Gasteiger partial charge in [0, 0.05) is 32.7 Å². The SMILES string of the molecule is CC(C)C(CSC[C-]=O)C(C)C.[CH2-]C(C(C)C)C(C)C.[Y]. The predicted molar refractivity (Wildman–Crippen MR) is 94.7 cm³/mol. The van der Waals surface area contributed by atoms with Gasteiger partial charge in [-0.15, -0.1) is 5.75 Å². The maximum atomic E-state index is 9.98. The van der Waals surface area contributed by atoms with Crippen LogP contribution < -0.4 is 0 Å². The Morgan fingerprint density at radius 3 is 1.43 bits per heavy atom. The Labute approximate surface area is 164 Å². The first-order valence-corrected chi connectivity index (χ1v) is 9.06. The van der Waals surface area contributed by atoms with Crippen LogP contribution in [0, 0.1) is 42.4 Å². The van der Waals surface area contributed by atoms with Crippen LogP contribution in [0.4, 0.5) is 0 Å². The Morgan fingerprint density at radius 1 is 0.857 bits per heavy atom. The number of carbonyl (C=O) groups excluding carboxylic acids is 1. The van der Waals surface area contributed by atoms with E-state index in [1.165, 1.54) is 0 Å². The summed E-state index contributed by atoms with van der Waals surface area (Å²) in [6.45, 7) is 21.9. The zero-order chi connectivity index (χ0) is 16.3. The van der Waals surface area contributed by atoms with Crippen molar-refractivity contribution in [3.05, 3.63) is 6.92 Å². The Balaban J connectivity index is -0.000000317. The quantitative estimate of drug-likeness (QED) is 0.403. The minimum absolute atomic E-state index is 0. The first-order valence-electron chi connectivity index (χ1n) is 7.90. The average molecular weight is 389 g/mol. The molecule has 0 aromatic heterocycles. The largest absolute Gasteiger partial charge is 0.541 e. The molecule has 0 aliphatic rings. The van der Waals surface area contributed by atoms with Gasteiger partial charge in [0.15, 0.2) is 0 Å². The number of hydrogen-bond acceptors (Lipinski definition) is 2. The Kier molecular flexibility index (Phi) is 20.6. The second kappa shape index (κ2) is 16.0. The minimum Gasteiger partial charge on any atom is -0.541 e. The summed E-state index contributed by atoms with van der Waals surface area (Å²) in [6.07, 6.45) is 1.91. The normalized spacial score (nSPS) is 11.2. The summed E-state index contributed by atoms with van der Waals surface area (Å²) in [5, 5.41) is 0. The Bertz CT molecular complexity index is 211. The first-order chi connectivity index (χ1) is 9.14. The van der Waals surface area contributed by atoms with Gasteiger partial charge in [-0.2, -0.15) is 17.7 Å². The van der Waals surface area contributed by atoms with E-state index in [4.69, 9.17) is 0 Å². The van der Waals surface area contributed by atoms with Crippen LogP contribution in [0.25, 0.3) is 0 Å². The van der Waals surface area contributed by atoms with Crippen molar-refractivity contribution in [2.75, 3.05) is 11.5 Å². The molecule has 0 aromatic carbocycles. The molecule has 0 bridgehead atoms. The van der Waals surface area contributed by atoms with Crippen molar-refractivity contribution in [3.63, 3.8) is 0 Å². The third-order valence-electron chi connectivity index (χ3n) is 3.90. The van der Waals surface area contributed by atoms with Crippen LogP contribution in [0.15, 0.2) is 0 Å².